The van der Waals surface area contributed by atoms with Crippen LogP contribution < -0.4 is 11.1 Å². The third kappa shape index (κ3) is 2.93. The molecule has 0 radical (unpaired) electrons. The van der Waals surface area contributed by atoms with E-state index in [1.54, 1.807) is 0 Å². The second-order valence-electron chi connectivity index (χ2n) is 3.90. The highest BCUT2D eigenvalue weighted by atomic mass is 15.2. The molecule has 94 valence electrons. The molecule has 0 amide bonds. The molecule has 0 saturated carbocycles. The molecule has 0 aliphatic rings. The first-order valence-corrected chi connectivity index (χ1v) is 6.12. The number of hydrogen-bond donors (Lipinski definition) is 3. The number of hydrogen-bond acceptors (Lipinski definition) is 4. The van der Waals surface area contributed by atoms with Gasteiger partial charge in [0.15, 0.2) is 5.82 Å². The van der Waals surface area contributed by atoms with Crippen molar-refractivity contribution in [2.45, 2.75) is 40.0 Å². The zero-order chi connectivity index (χ0) is 12.8. The second kappa shape index (κ2) is 6.18. The summed E-state index contributed by atoms with van der Waals surface area (Å²) in [6, 6.07) is 0. The molecule has 0 spiro atoms. The van der Waals surface area contributed by atoms with E-state index in [0.717, 1.165) is 37.1 Å². The molecule has 0 unspecified atom stereocenters. The number of nitrogens with two attached hydrogens (primary N) is 1. The van der Waals surface area contributed by atoms with Crippen LogP contribution in [0.25, 0.3) is 0 Å². The Morgan fingerprint density at radius 2 is 1.94 bits per heavy atom. The van der Waals surface area contributed by atoms with Crippen molar-refractivity contribution >= 4 is 11.7 Å². The van der Waals surface area contributed by atoms with Crippen LogP contribution in [0.5, 0.6) is 0 Å². The van der Waals surface area contributed by atoms with Gasteiger partial charge in [-0.15, -0.1) is 5.10 Å². The Morgan fingerprint density at radius 3 is 2.41 bits per heavy atom. The van der Waals surface area contributed by atoms with E-state index in [4.69, 9.17) is 11.1 Å². The van der Waals surface area contributed by atoms with Crippen LogP contribution >= 0.6 is 0 Å². The van der Waals surface area contributed by atoms with Crippen molar-refractivity contribution in [2.75, 3.05) is 11.9 Å². The van der Waals surface area contributed by atoms with Crippen LogP contribution in [0.4, 0.5) is 5.82 Å². The molecular weight excluding hydrogens is 214 g/mol. The summed E-state index contributed by atoms with van der Waals surface area (Å²) < 4.78 is 0. The third-order valence-electron chi connectivity index (χ3n) is 2.66. The van der Waals surface area contributed by atoms with Gasteiger partial charge in [-0.25, -0.2) is 0 Å². The van der Waals surface area contributed by atoms with Crippen LogP contribution in [0.3, 0.4) is 0 Å². The lowest BCUT2D eigenvalue weighted by molar-refractivity contribution is 0.863. The summed E-state index contributed by atoms with van der Waals surface area (Å²) in [4.78, 5) is 0. The van der Waals surface area contributed by atoms with E-state index in [9.17, 15) is 0 Å². The summed E-state index contributed by atoms with van der Waals surface area (Å²) in [5.41, 5.74) is 8.34. The Hall–Kier alpha value is -1.65. The molecule has 0 atom stereocenters. The Balaban J connectivity index is 3.26. The molecule has 0 aromatic carbocycles. The molecule has 1 aromatic rings. The average Bonchev–Trinajstić information content (AvgIpc) is 2.34. The van der Waals surface area contributed by atoms with Crippen molar-refractivity contribution in [3.63, 3.8) is 0 Å². The zero-order valence-corrected chi connectivity index (χ0v) is 10.8. The fraction of sp³-hybridized carbons (Fsp3) is 0.583. The normalized spacial score (nSPS) is 10.3. The topological polar surface area (TPSA) is 87.7 Å². The molecule has 17 heavy (non-hydrogen) atoms. The molecule has 1 rings (SSSR count). The lowest BCUT2D eigenvalue weighted by Crippen LogP contribution is -2.20. The van der Waals surface area contributed by atoms with Gasteiger partial charge >= 0.3 is 0 Å². The Morgan fingerprint density at radius 1 is 1.24 bits per heavy atom. The van der Waals surface area contributed by atoms with E-state index in [-0.39, 0.29) is 5.84 Å². The minimum Gasteiger partial charge on any atom is -0.384 e. The summed E-state index contributed by atoms with van der Waals surface area (Å²) >= 11 is 0. The van der Waals surface area contributed by atoms with Crippen LogP contribution in [-0.2, 0) is 12.8 Å². The number of aromatic nitrogens is 2. The number of nitrogens with one attached hydrogen (secondary N) is 2. The number of rotatable bonds is 6. The number of nitrogen functional groups attached to an aromatic ring is 1. The van der Waals surface area contributed by atoms with Gasteiger partial charge < -0.3 is 11.1 Å². The summed E-state index contributed by atoms with van der Waals surface area (Å²) in [5.74, 6) is 0.693. The van der Waals surface area contributed by atoms with E-state index in [0.29, 0.717) is 11.4 Å². The maximum atomic E-state index is 7.70. The summed E-state index contributed by atoms with van der Waals surface area (Å²) in [6.45, 7) is 6.97. The molecule has 5 nitrogen and oxygen atoms in total. The predicted octanol–water partition coefficient (Wildman–Crippen LogP) is 1.71. The van der Waals surface area contributed by atoms with Crippen molar-refractivity contribution in [3.8, 4) is 0 Å². The Bertz CT molecular complexity index is 400. The number of amidine groups is 1. The molecule has 4 N–H and O–H groups in total. The van der Waals surface area contributed by atoms with Gasteiger partial charge in [0.2, 0.25) is 0 Å². The van der Waals surface area contributed by atoms with E-state index < -0.39 is 0 Å². The van der Waals surface area contributed by atoms with E-state index in [2.05, 4.69) is 22.4 Å². The highest BCUT2D eigenvalue weighted by molar-refractivity contribution is 6.01. The van der Waals surface area contributed by atoms with E-state index in [1.807, 2.05) is 13.8 Å². The van der Waals surface area contributed by atoms with Gasteiger partial charge in [0.05, 0.1) is 11.3 Å². The maximum Gasteiger partial charge on any atom is 0.159 e. The highest BCUT2D eigenvalue weighted by Gasteiger charge is 2.16. The van der Waals surface area contributed by atoms with E-state index >= 15 is 0 Å². The summed E-state index contributed by atoms with van der Waals surface area (Å²) in [7, 11) is 0. The van der Waals surface area contributed by atoms with Crippen molar-refractivity contribution in [3.05, 3.63) is 16.8 Å². The van der Waals surface area contributed by atoms with Gasteiger partial charge in [0, 0.05) is 6.54 Å². The van der Waals surface area contributed by atoms with Gasteiger partial charge in [0.1, 0.15) is 5.84 Å². The van der Waals surface area contributed by atoms with Crippen molar-refractivity contribution in [1.82, 2.24) is 10.2 Å². The minimum absolute atomic E-state index is 0.0602. The van der Waals surface area contributed by atoms with Gasteiger partial charge in [-0.2, -0.15) is 5.10 Å². The second-order valence-corrected chi connectivity index (χ2v) is 3.90. The SMILES string of the molecule is CCCNc1nnc(CC)c(CC)c1C(=N)N. The first-order chi connectivity index (χ1) is 8.15. The monoisotopic (exact) mass is 235 g/mol. The van der Waals surface area contributed by atoms with Crippen molar-refractivity contribution in [2.24, 2.45) is 5.73 Å². The quantitative estimate of drug-likeness (QED) is 0.517. The maximum absolute atomic E-state index is 7.70. The smallest absolute Gasteiger partial charge is 0.159 e. The number of nitrogens with zero attached hydrogens (tertiary/aromatic N) is 2. The molecule has 0 aliphatic carbocycles. The van der Waals surface area contributed by atoms with E-state index in [1.165, 1.54) is 0 Å². The van der Waals surface area contributed by atoms with Gasteiger partial charge in [-0.3, -0.25) is 5.41 Å². The highest BCUT2D eigenvalue weighted by Crippen LogP contribution is 2.20. The molecule has 1 aromatic heterocycles. The zero-order valence-electron chi connectivity index (χ0n) is 10.8. The predicted molar refractivity (Wildman–Crippen MR) is 70.6 cm³/mol. The molecular formula is C12H21N5. The average molecular weight is 235 g/mol. The first-order valence-electron chi connectivity index (χ1n) is 6.12. The van der Waals surface area contributed by atoms with Crippen molar-refractivity contribution < 1.29 is 0 Å². The summed E-state index contributed by atoms with van der Waals surface area (Å²) in [5, 5.41) is 19.2. The molecule has 0 saturated heterocycles. The van der Waals surface area contributed by atoms with Crippen molar-refractivity contribution in [1.29, 1.82) is 5.41 Å². The number of anilines is 1. The Kier molecular flexibility index (Phi) is 4.87. The van der Waals surface area contributed by atoms with Crippen LogP contribution in [0.1, 0.15) is 44.0 Å². The lowest BCUT2D eigenvalue weighted by atomic mass is 10.0. The molecule has 5 heteroatoms. The van der Waals surface area contributed by atoms with Crippen LogP contribution in [0.2, 0.25) is 0 Å². The largest absolute Gasteiger partial charge is 0.384 e. The number of aryl methyl sites for hydroxylation is 1. The third-order valence-corrected chi connectivity index (χ3v) is 2.66. The molecule has 0 aliphatic heterocycles. The molecule has 0 fully saturated rings. The first kappa shape index (κ1) is 13.4. The van der Waals surface area contributed by atoms with Gasteiger partial charge in [-0.1, -0.05) is 20.8 Å². The van der Waals surface area contributed by atoms with Crippen LogP contribution in [0, 0.1) is 5.41 Å². The van der Waals surface area contributed by atoms with Crippen LogP contribution in [0.15, 0.2) is 0 Å². The minimum atomic E-state index is 0.0602. The van der Waals surface area contributed by atoms with Gasteiger partial charge in [-0.05, 0) is 24.8 Å². The van der Waals surface area contributed by atoms with Crippen LogP contribution in [-0.4, -0.2) is 22.6 Å². The van der Waals surface area contributed by atoms with Gasteiger partial charge in [0.25, 0.3) is 0 Å². The lowest BCUT2D eigenvalue weighted by Gasteiger charge is -2.15. The molecule has 1 heterocycles. The fourth-order valence-corrected chi connectivity index (χ4v) is 1.83. The standard InChI is InChI=1S/C12H21N5/c1-4-7-15-12-10(11(13)14)8(5-2)9(6-3)16-17-12/h4-7H2,1-3H3,(H3,13,14)(H,15,17). The molecule has 0 bridgehead atoms. The fourth-order valence-electron chi connectivity index (χ4n) is 1.83. The Labute approximate surface area is 102 Å². The summed E-state index contributed by atoms with van der Waals surface area (Å²) in [6.07, 6.45) is 2.62.